The summed E-state index contributed by atoms with van der Waals surface area (Å²) < 4.78 is 30.2. The summed E-state index contributed by atoms with van der Waals surface area (Å²) in [5.41, 5.74) is 2.18. The van der Waals surface area contributed by atoms with E-state index in [9.17, 15) is 23.2 Å². The highest BCUT2D eigenvalue weighted by Gasteiger charge is 2.26. The summed E-state index contributed by atoms with van der Waals surface area (Å²) in [6.45, 7) is -0.612. The Morgan fingerprint density at radius 1 is 0.974 bits per heavy atom. The maximum absolute atomic E-state index is 13.0. The van der Waals surface area contributed by atoms with E-state index in [-0.39, 0.29) is 17.0 Å². The molecule has 0 bridgehead atoms. The lowest BCUT2D eigenvalue weighted by molar-refractivity contribution is -0.149. The number of amides is 2. The molecule has 0 spiro atoms. The summed E-state index contributed by atoms with van der Waals surface area (Å²) in [6, 6.07) is 18.6. The molecule has 196 valence electrons. The van der Waals surface area contributed by atoms with Crippen LogP contribution in [0.4, 0.5) is 14.5 Å². The summed E-state index contributed by atoms with van der Waals surface area (Å²) in [6.07, 6.45) is 1.85. The van der Waals surface area contributed by atoms with Gasteiger partial charge in [-0.05, 0) is 48.0 Å². The minimum atomic E-state index is -2.55. The Hall–Kier alpha value is -3.89. The molecular formula is C27H22ClF2N3O4S. The molecule has 11 heteroatoms. The first-order chi connectivity index (χ1) is 18.3. The van der Waals surface area contributed by atoms with Crippen molar-refractivity contribution in [2.24, 2.45) is 0 Å². The molecule has 1 aromatic heterocycles. The average Bonchev–Trinajstić information content (AvgIpc) is 3.30. The zero-order valence-corrected chi connectivity index (χ0v) is 21.3. The molecular weight excluding hydrogens is 536 g/mol. The van der Waals surface area contributed by atoms with Gasteiger partial charge in [0.1, 0.15) is 6.04 Å². The van der Waals surface area contributed by atoms with Crippen LogP contribution in [-0.2, 0) is 20.7 Å². The zero-order valence-electron chi connectivity index (χ0n) is 19.7. The van der Waals surface area contributed by atoms with Crippen LogP contribution in [0.1, 0.15) is 15.9 Å². The van der Waals surface area contributed by atoms with E-state index >= 15 is 0 Å². The molecule has 3 aromatic carbocycles. The van der Waals surface area contributed by atoms with Gasteiger partial charge in [0.2, 0.25) is 0 Å². The molecule has 7 nitrogen and oxygen atoms in total. The van der Waals surface area contributed by atoms with Crippen LogP contribution in [0.15, 0.2) is 83.9 Å². The van der Waals surface area contributed by atoms with Crippen LogP contribution in [0.3, 0.4) is 0 Å². The van der Waals surface area contributed by atoms with E-state index in [0.717, 1.165) is 16.5 Å². The third-order valence-corrected chi connectivity index (χ3v) is 6.57. The Kier molecular flexibility index (Phi) is 8.98. The lowest BCUT2D eigenvalue weighted by Gasteiger charge is -2.18. The fraction of sp³-hybridized carbons (Fsp3) is 0.148. The van der Waals surface area contributed by atoms with Crippen molar-refractivity contribution >= 4 is 57.7 Å². The van der Waals surface area contributed by atoms with Gasteiger partial charge in [-0.25, -0.2) is 4.79 Å². The third kappa shape index (κ3) is 7.11. The van der Waals surface area contributed by atoms with Crippen molar-refractivity contribution in [1.29, 1.82) is 0 Å². The molecule has 4 aromatic rings. The molecule has 3 N–H and O–H groups in total. The van der Waals surface area contributed by atoms with Crippen molar-refractivity contribution in [3.63, 3.8) is 0 Å². The van der Waals surface area contributed by atoms with Gasteiger partial charge in [-0.2, -0.15) is 8.78 Å². The Morgan fingerprint density at radius 3 is 2.42 bits per heavy atom. The Balaban J connectivity index is 1.43. The number of carbonyl (C=O) groups is 3. The number of halogens is 3. The summed E-state index contributed by atoms with van der Waals surface area (Å²) in [5.74, 6) is -4.56. The number of aromatic nitrogens is 1. The minimum absolute atomic E-state index is 0.101. The van der Waals surface area contributed by atoms with Crippen molar-refractivity contribution in [2.75, 3.05) is 11.9 Å². The first-order valence-electron chi connectivity index (χ1n) is 11.4. The second kappa shape index (κ2) is 12.6. The molecule has 38 heavy (non-hydrogen) atoms. The zero-order chi connectivity index (χ0) is 27.1. The first kappa shape index (κ1) is 27.2. The number of alkyl halides is 2. The average molecular weight is 558 g/mol. The van der Waals surface area contributed by atoms with Crippen molar-refractivity contribution in [2.45, 2.75) is 23.1 Å². The van der Waals surface area contributed by atoms with Gasteiger partial charge < -0.3 is 20.4 Å². The number of ether oxygens (including phenoxy) is 1. The number of aromatic amines is 1. The van der Waals surface area contributed by atoms with Gasteiger partial charge in [0.15, 0.2) is 6.61 Å². The first-order valence-corrected chi connectivity index (χ1v) is 12.7. The molecule has 0 saturated heterocycles. The number of para-hydroxylation sites is 1. The highest BCUT2D eigenvalue weighted by Crippen LogP contribution is 2.26. The Bertz CT molecular complexity index is 1450. The molecule has 0 unspecified atom stereocenters. The summed E-state index contributed by atoms with van der Waals surface area (Å²) in [7, 11) is 0. The predicted octanol–water partition coefficient (Wildman–Crippen LogP) is 5.66. The topological polar surface area (TPSA) is 100 Å². The SMILES string of the molecule is O=C(COC(=O)[C@H](Cc1c[nH]c2ccccc12)NC(=O)c1ccccc1Cl)Nc1ccc(SC(F)F)cc1. The third-order valence-electron chi connectivity index (χ3n) is 5.52. The van der Waals surface area contributed by atoms with Crippen molar-refractivity contribution in [1.82, 2.24) is 10.3 Å². The molecule has 0 aliphatic heterocycles. The molecule has 4 rings (SSSR count). The predicted molar refractivity (Wildman–Crippen MR) is 143 cm³/mol. The van der Waals surface area contributed by atoms with Crippen LogP contribution in [-0.4, -0.2) is 41.2 Å². The number of thioether (sulfide) groups is 1. The number of H-pyrrole nitrogens is 1. The van der Waals surface area contributed by atoms with E-state index in [0.29, 0.717) is 22.3 Å². The number of fused-ring (bicyclic) bond motifs is 1. The number of benzene rings is 3. The second-order valence-corrected chi connectivity index (χ2v) is 9.60. The molecule has 0 aliphatic rings. The summed E-state index contributed by atoms with van der Waals surface area (Å²) in [5, 5.41) is 6.30. The fourth-order valence-corrected chi connectivity index (χ4v) is 4.47. The van der Waals surface area contributed by atoms with Crippen molar-refractivity contribution in [3.05, 3.63) is 95.1 Å². The number of nitrogens with one attached hydrogen (secondary N) is 3. The lowest BCUT2D eigenvalue weighted by atomic mass is 10.0. The van der Waals surface area contributed by atoms with Crippen molar-refractivity contribution in [3.8, 4) is 0 Å². The van der Waals surface area contributed by atoms with E-state index in [2.05, 4.69) is 15.6 Å². The van der Waals surface area contributed by atoms with Gasteiger partial charge in [0, 0.05) is 34.1 Å². The number of hydrogen-bond donors (Lipinski definition) is 3. The summed E-state index contributed by atoms with van der Waals surface area (Å²) in [4.78, 5) is 41.8. The minimum Gasteiger partial charge on any atom is -0.454 e. The van der Waals surface area contributed by atoms with Gasteiger partial charge in [0.05, 0.1) is 10.6 Å². The second-order valence-electron chi connectivity index (χ2n) is 8.13. The normalized spacial score (nSPS) is 11.8. The largest absolute Gasteiger partial charge is 0.454 e. The molecule has 0 saturated carbocycles. The van der Waals surface area contributed by atoms with E-state index in [1.54, 1.807) is 24.4 Å². The number of carbonyl (C=O) groups excluding carboxylic acids is 3. The van der Waals surface area contributed by atoms with Crippen LogP contribution >= 0.6 is 23.4 Å². The van der Waals surface area contributed by atoms with Gasteiger partial charge in [-0.3, -0.25) is 9.59 Å². The molecule has 0 fully saturated rings. The molecule has 0 radical (unpaired) electrons. The highest BCUT2D eigenvalue weighted by atomic mass is 35.5. The maximum atomic E-state index is 13.0. The smallest absolute Gasteiger partial charge is 0.329 e. The molecule has 1 heterocycles. The standard InChI is InChI=1S/C27H22ClF2N3O4S/c28-21-7-3-1-6-20(21)25(35)33-23(13-16-14-31-22-8-4-2-5-19(16)22)26(36)37-15-24(34)32-17-9-11-18(12-10-17)38-27(29)30/h1-12,14,23,27,31H,13,15H2,(H,32,34)(H,33,35)/t23-/m0/s1. The lowest BCUT2D eigenvalue weighted by Crippen LogP contribution is -2.44. The number of rotatable bonds is 10. The fourth-order valence-electron chi connectivity index (χ4n) is 3.75. The Morgan fingerprint density at radius 2 is 1.68 bits per heavy atom. The van der Waals surface area contributed by atoms with E-state index in [1.807, 2.05) is 24.3 Å². The van der Waals surface area contributed by atoms with Crippen LogP contribution in [0.5, 0.6) is 0 Å². The van der Waals surface area contributed by atoms with Crippen LogP contribution in [0.25, 0.3) is 10.9 Å². The quantitative estimate of drug-likeness (QED) is 0.173. The van der Waals surface area contributed by atoms with E-state index < -0.39 is 36.2 Å². The van der Waals surface area contributed by atoms with Gasteiger partial charge in [0.25, 0.3) is 17.6 Å². The van der Waals surface area contributed by atoms with Gasteiger partial charge in [-0.1, -0.05) is 53.7 Å². The van der Waals surface area contributed by atoms with Crippen molar-refractivity contribution < 1.29 is 27.9 Å². The molecule has 2 amide bonds. The van der Waals surface area contributed by atoms with Crippen LogP contribution in [0, 0.1) is 0 Å². The van der Waals surface area contributed by atoms with E-state index in [4.69, 9.17) is 16.3 Å². The van der Waals surface area contributed by atoms with Crippen LogP contribution < -0.4 is 10.6 Å². The number of hydrogen-bond acceptors (Lipinski definition) is 5. The van der Waals surface area contributed by atoms with Gasteiger partial charge in [-0.15, -0.1) is 0 Å². The summed E-state index contributed by atoms with van der Waals surface area (Å²) >= 11 is 6.53. The number of esters is 1. The number of anilines is 1. The Labute approximate surface area is 225 Å². The highest BCUT2D eigenvalue weighted by molar-refractivity contribution is 7.99. The monoisotopic (exact) mass is 557 g/mol. The van der Waals surface area contributed by atoms with E-state index in [1.165, 1.54) is 30.3 Å². The maximum Gasteiger partial charge on any atom is 0.329 e. The molecule has 0 aliphatic carbocycles. The van der Waals surface area contributed by atoms with Gasteiger partial charge >= 0.3 is 5.97 Å². The molecule has 1 atom stereocenters. The van der Waals surface area contributed by atoms with Crippen LogP contribution in [0.2, 0.25) is 5.02 Å².